The molecule has 1 rings (SSSR count). The van der Waals surface area contributed by atoms with Gasteiger partial charge >= 0.3 is 5.97 Å². The normalized spacial score (nSPS) is 12.5. The number of nitrogens with one attached hydrogen (secondary N) is 1. The third-order valence-corrected chi connectivity index (χ3v) is 2.22. The summed E-state index contributed by atoms with van der Waals surface area (Å²) in [6, 6.07) is 10.2. The fourth-order valence-corrected chi connectivity index (χ4v) is 1.40. The van der Waals surface area contributed by atoms with Gasteiger partial charge in [0.15, 0.2) is 0 Å². The van der Waals surface area contributed by atoms with E-state index in [0.717, 1.165) is 0 Å². The van der Waals surface area contributed by atoms with Crippen LogP contribution in [-0.4, -0.2) is 18.6 Å². The number of esters is 1. The molecule has 0 fully saturated rings. The Balaban J connectivity index is 2.36. The molecule has 0 aromatic heterocycles. The molecule has 1 atom stereocenters. The van der Waals surface area contributed by atoms with Crippen molar-refractivity contribution in [1.82, 2.24) is 5.32 Å². The van der Waals surface area contributed by atoms with Gasteiger partial charge in [-0.15, -0.1) is 0 Å². The van der Waals surface area contributed by atoms with Crippen LogP contribution in [0.25, 0.3) is 0 Å². The van der Waals surface area contributed by atoms with E-state index >= 15 is 0 Å². The lowest BCUT2D eigenvalue weighted by atomic mass is 10.1. The second-order valence-electron chi connectivity index (χ2n) is 4.05. The molecule has 1 N–H and O–H groups in total. The van der Waals surface area contributed by atoms with Gasteiger partial charge in [0, 0.05) is 6.04 Å². The van der Waals surface area contributed by atoms with Gasteiger partial charge in [-0.1, -0.05) is 30.3 Å². The van der Waals surface area contributed by atoms with E-state index in [9.17, 15) is 4.79 Å². The van der Waals surface area contributed by atoms with Crippen LogP contribution in [0.2, 0.25) is 0 Å². The fraction of sp³-hybridized carbons (Fsp3) is 0.462. The van der Waals surface area contributed by atoms with E-state index in [2.05, 4.69) is 5.32 Å². The van der Waals surface area contributed by atoms with Gasteiger partial charge in [-0.3, -0.25) is 4.79 Å². The van der Waals surface area contributed by atoms with Crippen LogP contribution < -0.4 is 5.32 Å². The number of benzene rings is 1. The van der Waals surface area contributed by atoms with Crippen LogP contribution in [0.1, 0.15) is 32.4 Å². The summed E-state index contributed by atoms with van der Waals surface area (Å²) in [5.41, 5.74) is 1.17. The maximum absolute atomic E-state index is 11.3. The first-order chi connectivity index (χ1) is 7.59. The van der Waals surface area contributed by atoms with Crippen molar-refractivity contribution in [1.29, 1.82) is 0 Å². The molecule has 0 heterocycles. The quantitative estimate of drug-likeness (QED) is 0.775. The summed E-state index contributed by atoms with van der Waals surface area (Å²) < 4.78 is 5.04. The molecule has 3 heteroatoms. The molecule has 0 aliphatic rings. The molecule has 0 spiro atoms. The van der Waals surface area contributed by atoms with Gasteiger partial charge in [-0.2, -0.15) is 0 Å². The predicted octanol–water partition coefficient (Wildman–Crippen LogP) is 2.29. The largest absolute Gasteiger partial charge is 0.462 e. The Morgan fingerprint density at radius 2 is 1.88 bits per heavy atom. The third-order valence-electron chi connectivity index (χ3n) is 2.22. The molecule has 0 aliphatic carbocycles. The number of carbonyl (C=O) groups is 1. The van der Waals surface area contributed by atoms with Gasteiger partial charge in [0.1, 0.15) is 0 Å². The van der Waals surface area contributed by atoms with Gasteiger partial charge in [-0.25, -0.2) is 0 Å². The lowest BCUT2D eigenvalue weighted by Gasteiger charge is -2.14. The molecule has 88 valence electrons. The third kappa shape index (κ3) is 4.45. The number of hydrogen-bond acceptors (Lipinski definition) is 3. The Kier molecular flexibility index (Phi) is 4.99. The van der Waals surface area contributed by atoms with Gasteiger partial charge in [0.2, 0.25) is 0 Å². The Labute approximate surface area is 96.8 Å². The van der Waals surface area contributed by atoms with E-state index in [4.69, 9.17) is 4.74 Å². The topological polar surface area (TPSA) is 38.3 Å². The van der Waals surface area contributed by atoms with Gasteiger partial charge in [-0.05, 0) is 26.3 Å². The van der Waals surface area contributed by atoms with Crippen LogP contribution in [0.5, 0.6) is 0 Å². The summed E-state index contributed by atoms with van der Waals surface area (Å²) >= 11 is 0. The first kappa shape index (κ1) is 12.7. The van der Waals surface area contributed by atoms with Gasteiger partial charge < -0.3 is 10.1 Å². The molecular formula is C13H19NO2. The molecule has 0 bridgehead atoms. The minimum Gasteiger partial charge on any atom is -0.462 e. The first-order valence-electron chi connectivity index (χ1n) is 5.57. The van der Waals surface area contributed by atoms with Crippen molar-refractivity contribution in [2.75, 3.05) is 6.54 Å². The van der Waals surface area contributed by atoms with Crippen molar-refractivity contribution in [2.24, 2.45) is 0 Å². The second-order valence-corrected chi connectivity index (χ2v) is 4.05. The first-order valence-corrected chi connectivity index (χ1v) is 5.57. The zero-order chi connectivity index (χ0) is 12.0. The lowest BCUT2D eigenvalue weighted by molar-refractivity contribution is -0.146. The van der Waals surface area contributed by atoms with E-state index in [-0.39, 0.29) is 24.7 Å². The monoisotopic (exact) mass is 221 g/mol. The van der Waals surface area contributed by atoms with Crippen molar-refractivity contribution in [3.8, 4) is 0 Å². The van der Waals surface area contributed by atoms with E-state index in [1.807, 2.05) is 51.1 Å². The molecule has 0 radical (unpaired) electrons. The molecule has 0 aliphatic heterocycles. The molecule has 0 saturated carbocycles. The lowest BCUT2D eigenvalue weighted by Crippen LogP contribution is -2.28. The summed E-state index contributed by atoms with van der Waals surface area (Å²) in [6.45, 7) is 5.96. The predicted molar refractivity (Wildman–Crippen MR) is 64.1 cm³/mol. The summed E-state index contributed by atoms with van der Waals surface area (Å²) in [5, 5.41) is 3.13. The van der Waals surface area contributed by atoms with Crippen molar-refractivity contribution in [3.05, 3.63) is 35.9 Å². The van der Waals surface area contributed by atoms with Gasteiger partial charge in [0.05, 0.1) is 12.6 Å². The molecule has 1 aromatic carbocycles. The molecule has 3 nitrogen and oxygen atoms in total. The molecular weight excluding hydrogens is 202 g/mol. The molecule has 16 heavy (non-hydrogen) atoms. The Hall–Kier alpha value is -1.35. The van der Waals surface area contributed by atoms with Gasteiger partial charge in [0.25, 0.3) is 0 Å². The number of ether oxygens (including phenoxy) is 1. The minimum absolute atomic E-state index is 0.0543. The smallest absolute Gasteiger partial charge is 0.320 e. The highest BCUT2D eigenvalue weighted by Crippen LogP contribution is 2.10. The fourth-order valence-electron chi connectivity index (χ4n) is 1.40. The van der Waals surface area contributed by atoms with Crippen LogP contribution in [0.3, 0.4) is 0 Å². The molecule has 0 unspecified atom stereocenters. The van der Waals surface area contributed by atoms with Crippen molar-refractivity contribution in [3.63, 3.8) is 0 Å². The zero-order valence-electron chi connectivity index (χ0n) is 10.1. The minimum atomic E-state index is -0.210. The Morgan fingerprint density at radius 1 is 1.25 bits per heavy atom. The number of hydrogen-bond donors (Lipinski definition) is 1. The second kappa shape index (κ2) is 6.28. The zero-order valence-corrected chi connectivity index (χ0v) is 10.1. The van der Waals surface area contributed by atoms with E-state index in [1.54, 1.807) is 0 Å². The molecule has 0 saturated heterocycles. The standard InChI is InChI=1S/C13H19NO2/c1-10(2)16-13(15)9-14-11(3)12-7-5-4-6-8-12/h4-8,10-11,14H,9H2,1-3H3/t11-/m0/s1. The number of rotatable bonds is 5. The summed E-state index contributed by atoms with van der Waals surface area (Å²) in [4.78, 5) is 11.3. The SMILES string of the molecule is CC(C)OC(=O)CN[C@@H](C)c1ccccc1. The highest BCUT2D eigenvalue weighted by Gasteiger charge is 2.08. The van der Waals surface area contributed by atoms with Crippen molar-refractivity contribution in [2.45, 2.75) is 32.9 Å². The highest BCUT2D eigenvalue weighted by atomic mass is 16.5. The van der Waals surface area contributed by atoms with Crippen LogP contribution >= 0.6 is 0 Å². The van der Waals surface area contributed by atoms with E-state index in [1.165, 1.54) is 5.56 Å². The van der Waals surface area contributed by atoms with Crippen molar-refractivity contribution < 1.29 is 9.53 Å². The maximum Gasteiger partial charge on any atom is 0.320 e. The van der Waals surface area contributed by atoms with Crippen LogP contribution in [0.4, 0.5) is 0 Å². The van der Waals surface area contributed by atoms with Crippen LogP contribution in [0, 0.1) is 0 Å². The highest BCUT2D eigenvalue weighted by molar-refractivity contribution is 5.71. The Bertz CT molecular complexity index is 322. The van der Waals surface area contributed by atoms with Crippen LogP contribution in [0.15, 0.2) is 30.3 Å². The Morgan fingerprint density at radius 3 is 2.44 bits per heavy atom. The average molecular weight is 221 g/mol. The summed E-state index contributed by atoms with van der Waals surface area (Å²) in [6.07, 6.45) is -0.0543. The summed E-state index contributed by atoms with van der Waals surface area (Å²) in [5.74, 6) is -0.210. The number of carbonyl (C=O) groups excluding carboxylic acids is 1. The average Bonchev–Trinajstić information content (AvgIpc) is 2.26. The van der Waals surface area contributed by atoms with Crippen LogP contribution in [-0.2, 0) is 9.53 Å². The van der Waals surface area contributed by atoms with E-state index < -0.39 is 0 Å². The molecule has 1 aromatic rings. The maximum atomic E-state index is 11.3. The molecule has 0 amide bonds. The summed E-state index contributed by atoms with van der Waals surface area (Å²) in [7, 11) is 0. The van der Waals surface area contributed by atoms with Crippen molar-refractivity contribution >= 4 is 5.97 Å². The van der Waals surface area contributed by atoms with E-state index in [0.29, 0.717) is 0 Å².